The minimum absolute atomic E-state index is 0.133. The van der Waals surface area contributed by atoms with Crippen molar-refractivity contribution >= 4 is 5.91 Å². The van der Waals surface area contributed by atoms with Gasteiger partial charge in [0.05, 0.1) is 25.4 Å². The molecule has 1 saturated heterocycles. The lowest BCUT2D eigenvalue weighted by Crippen LogP contribution is -2.60. The average Bonchev–Trinajstić information content (AvgIpc) is 3.26. The Morgan fingerprint density at radius 2 is 0.820 bits per heavy atom. The highest BCUT2D eigenvalue weighted by atomic mass is 16.7. The maximum Gasteiger partial charge on any atom is 0.220 e. The van der Waals surface area contributed by atoms with Crippen molar-refractivity contribution in [3.63, 3.8) is 0 Å². The predicted molar refractivity (Wildman–Crippen MR) is 254 cm³/mol. The Balaban J connectivity index is 2.05. The second-order valence-electron chi connectivity index (χ2n) is 19.0. The van der Waals surface area contributed by atoms with Crippen molar-refractivity contribution in [1.82, 2.24) is 5.32 Å². The third-order valence-electron chi connectivity index (χ3n) is 13.2. The summed E-state index contributed by atoms with van der Waals surface area (Å²) in [5.74, 6) is -0.141. The van der Waals surface area contributed by atoms with E-state index in [4.69, 9.17) is 9.47 Å². The van der Waals surface area contributed by atoms with Crippen molar-refractivity contribution in [3.05, 3.63) is 0 Å². The van der Waals surface area contributed by atoms with E-state index in [0.29, 0.717) is 12.8 Å². The van der Waals surface area contributed by atoms with Crippen LogP contribution in [-0.2, 0) is 14.3 Å². The third-order valence-corrected chi connectivity index (χ3v) is 13.2. The van der Waals surface area contributed by atoms with Gasteiger partial charge < -0.3 is 40.3 Å². The van der Waals surface area contributed by atoms with Crippen LogP contribution in [0.1, 0.15) is 271 Å². The molecule has 9 heteroatoms. The first kappa shape index (κ1) is 58.2. The summed E-state index contributed by atoms with van der Waals surface area (Å²) in [4.78, 5) is 13.0. The van der Waals surface area contributed by atoms with Crippen molar-refractivity contribution in [2.24, 2.45) is 0 Å². The maximum absolute atomic E-state index is 13.0. The largest absolute Gasteiger partial charge is 0.394 e. The van der Waals surface area contributed by atoms with Crippen LogP contribution >= 0.6 is 0 Å². The molecule has 1 amide bonds. The van der Waals surface area contributed by atoms with Crippen LogP contribution in [0.4, 0.5) is 0 Å². The molecule has 0 saturated carbocycles. The Morgan fingerprint density at radius 3 is 1.16 bits per heavy atom. The molecule has 1 aliphatic rings. The number of unbranched alkanes of at least 4 members (excludes halogenated alkanes) is 36. The second kappa shape index (κ2) is 43.1. The van der Waals surface area contributed by atoms with E-state index in [1.54, 1.807) is 0 Å². The summed E-state index contributed by atoms with van der Waals surface area (Å²) < 4.78 is 11.2. The van der Waals surface area contributed by atoms with Crippen LogP contribution in [0, 0.1) is 0 Å². The Hall–Kier alpha value is -0.810. The van der Waals surface area contributed by atoms with Gasteiger partial charge in [0.25, 0.3) is 0 Å². The van der Waals surface area contributed by atoms with Gasteiger partial charge >= 0.3 is 0 Å². The number of hydrogen-bond acceptors (Lipinski definition) is 8. The van der Waals surface area contributed by atoms with Gasteiger partial charge in [-0.15, -0.1) is 0 Å². The van der Waals surface area contributed by atoms with Gasteiger partial charge in [-0.25, -0.2) is 0 Å². The molecule has 0 aliphatic carbocycles. The number of hydrogen-bond donors (Lipinski definition) is 6. The number of carbonyl (C=O) groups is 1. The van der Waals surface area contributed by atoms with Crippen LogP contribution in [0.2, 0.25) is 0 Å². The molecule has 0 aromatic heterocycles. The second-order valence-corrected chi connectivity index (χ2v) is 19.0. The van der Waals surface area contributed by atoms with Crippen LogP contribution in [0.3, 0.4) is 0 Å². The molecule has 0 bridgehead atoms. The van der Waals surface area contributed by atoms with Crippen LogP contribution in [0.25, 0.3) is 0 Å². The fourth-order valence-corrected chi connectivity index (χ4v) is 8.93. The number of rotatable bonds is 46. The summed E-state index contributed by atoms with van der Waals surface area (Å²) in [6, 6.07) is -0.710. The molecular formula is C52H103NO8. The molecule has 0 spiro atoms. The minimum Gasteiger partial charge on any atom is -0.394 e. The number of amides is 1. The molecule has 6 N–H and O–H groups in total. The number of nitrogens with one attached hydrogen (secondary N) is 1. The SMILES string of the molecule is CCCCCCCCCCCCCCCCCCCCCCCCCCCCCCCCC(=O)NC(COC1OC(CO)C(O)C(O)C1O)C(O)CCCCCCCCCC. The molecule has 1 rings (SSSR count). The number of ether oxygens (including phenoxy) is 2. The molecule has 61 heavy (non-hydrogen) atoms. The van der Waals surface area contributed by atoms with E-state index in [1.807, 2.05) is 0 Å². The molecule has 364 valence electrons. The van der Waals surface area contributed by atoms with Crippen molar-refractivity contribution < 1.29 is 39.8 Å². The highest BCUT2D eigenvalue weighted by molar-refractivity contribution is 5.76. The average molecular weight is 870 g/mol. The van der Waals surface area contributed by atoms with Crippen molar-refractivity contribution in [2.75, 3.05) is 13.2 Å². The Bertz CT molecular complexity index is 924. The monoisotopic (exact) mass is 870 g/mol. The van der Waals surface area contributed by atoms with Gasteiger partial charge in [0.15, 0.2) is 6.29 Å². The quantitative estimate of drug-likeness (QED) is 0.0331. The maximum atomic E-state index is 13.0. The van der Waals surface area contributed by atoms with E-state index in [1.165, 1.54) is 205 Å². The van der Waals surface area contributed by atoms with Gasteiger partial charge in [0.1, 0.15) is 24.4 Å². The van der Waals surface area contributed by atoms with Crippen LogP contribution in [0.5, 0.6) is 0 Å². The predicted octanol–water partition coefficient (Wildman–Crippen LogP) is 12.3. The normalized spacial score (nSPS) is 20.3. The fraction of sp³-hybridized carbons (Fsp3) is 0.981. The van der Waals surface area contributed by atoms with E-state index in [0.717, 1.165) is 38.5 Å². The van der Waals surface area contributed by atoms with Crippen LogP contribution in [-0.4, -0.2) is 87.5 Å². The lowest BCUT2D eigenvalue weighted by Gasteiger charge is -2.40. The fourth-order valence-electron chi connectivity index (χ4n) is 8.93. The Labute approximate surface area is 376 Å². The lowest BCUT2D eigenvalue weighted by atomic mass is 9.99. The molecule has 1 aliphatic heterocycles. The van der Waals surface area contributed by atoms with E-state index in [-0.39, 0.29) is 12.5 Å². The zero-order chi connectivity index (χ0) is 44.4. The Kier molecular flexibility index (Phi) is 41.1. The molecule has 0 aromatic carbocycles. The molecule has 9 nitrogen and oxygen atoms in total. The molecule has 0 aromatic rings. The first-order chi connectivity index (χ1) is 29.8. The van der Waals surface area contributed by atoms with Gasteiger partial charge in [-0.2, -0.15) is 0 Å². The van der Waals surface area contributed by atoms with E-state index >= 15 is 0 Å². The summed E-state index contributed by atoms with van der Waals surface area (Å²) in [5, 5.41) is 54.2. The van der Waals surface area contributed by atoms with Crippen molar-refractivity contribution in [2.45, 2.75) is 314 Å². The van der Waals surface area contributed by atoms with E-state index in [9.17, 15) is 30.3 Å². The highest BCUT2D eigenvalue weighted by Gasteiger charge is 2.44. The highest BCUT2D eigenvalue weighted by Crippen LogP contribution is 2.23. The summed E-state index contributed by atoms with van der Waals surface area (Å²) in [6.07, 6.45) is 43.1. The summed E-state index contributed by atoms with van der Waals surface area (Å²) in [7, 11) is 0. The molecule has 0 radical (unpaired) electrons. The molecule has 1 fully saturated rings. The molecular weight excluding hydrogens is 767 g/mol. The standard InChI is InChI=1S/C52H103NO8/c1-3-5-7-9-11-13-14-15-16-17-18-19-20-21-22-23-24-25-26-27-28-29-30-31-32-33-34-36-38-40-42-48(56)53-45(46(55)41-39-37-35-12-10-8-6-4-2)44-60-52-51(59)50(58)49(57)47(43-54)61-52/h45-47,49-52,54-55,57-59H,3-44H2,1-2H3,(H,53,56). The van der Waals surface area contributed by atoms with Crippen molar-refractivity contribution in [3.8, 4) is 0 Å². The zero-order valence-corrected chi connectivity index (χ0v) is 40.2. The minimum atomic E-state index is -1.55. The first-order valence-corrected chi connectivity index (χ1v) is 26.7. The lowest BCUT2D eigenvalue weighted by molar-refractivity contribution is -0.302. The number of aliphatic hydroxyl groups is 5. The van der Waals surface area contributed by atoms with Gasteiger partial charge in [0, 0.05) is 6.42 Å². The smallest absolute Gasteiger partial charge is 0.220 e. The van der Waals surface area contributed by atoms with Gasteiger partial charge in [0.2, 0.25) is 5.91 Å². The third kappa shape index (κ3) is 33.3. The van der Waals surface area contributed by atoms with Crippen molar-refractivity contribution in [1.29, 1.82) is 0 Å². The van der Waals surface area contributed by atoms with Gasteiger partial charge in [-0.3, -0.25) is 4.79 Å². The van der Waals surface area contributed by atoms with Crippen LogP contribution < -0.4 is 5.32 Å². The topological polar surface area (TPSA) is 149 Å². The summed E-state index contributed by atoms with van der Waals surface area (Å²) in [6.45, 7) is 3.82. The number of aliphatic hydroxyl groups excluding tert-OH is 5. The number of carbonyl (C=O) groups excluding carboxylic acids is 1. The van der Waals surface area contributed by atoms with E-state index in [2.05, 4.69) is 19.2 Å². The zero-order valence-electron chi connectivity index (χ0n) is 40.2. The van der Waals surface area contributed by atoms with Crippen LogP contribution in [0.15, 0.2) is 0 Å². The summed E-state index contributed by atoms with van der Waals surface area (Å²) in [5.41, 5.74) is 0. The van der Waals surface area contributed by atoms with E-state index < -0.39 is 49.5 Å². The Morgan fingerprint density at radius 1 is 0.492 bits per heavy atom. The molecule has 7 unspecified atom stereocenters. The van der Waals surface area contributed by atoms with Gasteiger partial charge in [-0.05, 0) is 12.8 Å². The first-order valence-electron chi connectivity index (χ1n) is 26.7. The van der Waals surface area contributed by atoms with Gasteiger partial charge in [-0.1, -0.05) is 251 Å². The summed E-state index contributed by atoms with van der Waals surface area (Å²) >= 11 is 0. The molecule has 7 atom stereocenters. The molecule has 1 heterocycles.